The Kier molecular flexibility index (Phi) is 5.29. The minimum absolute atomic E-state index is 0.0418. The minimum Gasteiger partial charge on any atom is -0.444 e. The third-order valence-electron chi connectivity index (χ3n) is 7.67. The second-order valence-corrected chi connectivity index (χ2v) is 11.5. The van der Waals surface area contributed by atoms with Crippen molar-refractivity contribution < 1.29 is 23.8 Å². The molecule has 0 aromatic carbocycles. The van der Waals surface area contributed by atoms with Crippen LogP contribution in [0.1, 0.15) is 86.5 Å². The maximum atomic E-state index is 13.7. The van der Waals surface area contributed by atoms with Gasteiger partial charge in [0.2, 0.25) is 0 Å². The summed E-state index contributed by atoms with van der Waals surface area (Å²) in [5, 5.41) is 0. The van der Waals surface area contributed by atoms with Crippen molar-refractivity contribution in [3.63, 3.8) is 0 Å². The zero-order valence-corrected chi connectivity index (χ0v) is 19.6. The number of hydrogen-bond acceptors (Lipinski definition) is 5. The summed E-state index contributed by atoms with van der Waals surface area (Å²) >= 11 is 0. The van der Waals surface area contributed by atoms with Crippen LogP contribution in [0.15, 0.2) is 0 Å². The van der Waals surface area contributed by atoms with E-state index in [4.69, 9.17) is 14.2 Å². The first-order valence-electron chi connectivity index (χ1n) is 11.8. The predicted octanol–water partition coefficient (Wildman–Crippen LogP) is 4.69. The molecule has 2 aliphatic heterocycles. The topological polar surface area (TPSA) is 65.1 Å². The normalized spacial score (nSPS) is 41.2. The first kappa shape index (κ1) is 22.1. The number of carbonyl (C=O) groups is 2. The lowest BCUT2D eigenvalue weighted by Crippen LogP contribution is -2.58. The lowest BCUT2D eigenvalue weighted by atomic mass is 9.56. The van der Waals surface area contributed by atoms with Gasteiger partial charge in [-0.15, -0.1) is 0 Å². The summed E-state index contributed by atoms with van der Waals surface area (Å²) in [6.07, 6.45) is 5.38. The molecule has 5 atom stereocenters. The highest BCUT2D eigenvalue weighted by molar-refractivity contribution is 5.88. The van der Waals surface area contributed by atoms with Gasteiger partial charge < -0.3 is 19.1 Å². The molecule has 6 heteroatoms. The SMILES string of the molecule is C[C@H]1CC(=O)[C@]23CCCN(C(=O)OC(C)(C)C)CCC[C@@]24OC(C)(C)O[C@H]4C[C@@H]3C1. The van der Waals surface area contributed by atoms with Crippen LogP contribution in [0.4, 0.5) is 4.79 Å². The van der Waals surface area contributed by atoms with Crippen molar-refractivity contribution in [1.82, 2.24) is 4.90 Å². The quantitative estimate of drug-likeness (QED) is 0.568. The van der Waals surface area contributed by atoms with E-state index in [-0.39, 0.29) is 12.2 Å². The molecule has 30 heavy (non-hydrogen) atoms. The number of ketones is 1. The zero-order valence-electron chi connectivity index (χ0n) is 19.6. The minimum atomic E-state index is -0.676. The fraction of sp³-hybridized carbons (Fsp3) is 0.917. The van der Waals surface area contributed by atoms with Gasteiger partial charge in [0.1, 0.15) is 17.0 Å². The Bertz CT molecular complexity index is 713. The summed E-state index contributed by atoms with van der Waals surface area (Å²) < 4.78 is 18.8. The van der Waals surface area contributed by atoms with E-state index >= 15 is 0 Å². The average molecular weight is 422 g/mol. The van der Waals surface area contributed by atoms with Crippen LogP contribution in [0.25, 0.3) is 0 Å². The van der Waals surface area contributed by atoms with Gasteiger partial charge in [0.25, 0.3) is 0 Å². The third-order valence-corrected chi connectivity index (χ3v) is 7.67. The number of Topliss-reactive ketones (excluding diaryl/α,β-unsaturated/α-hetero) is 1. The summed E-state index contributed by atoms with van der Waals surface area (Å²) in [6.45, 7) is 13.1. The van der Waals surface area contributed by atoms with Gasteiger partial charge in [-0.05, 0) is 85.0 Å². The van der Waals surface area contributed by atoms with Gasteiger partial charge in [-0.1, -0.05) is 6.92 Å². The van der Waals surface area contributed by atoms with Gasteiger partial charge in [-0.2, -0.15) is 0 Å². The van der Waals surface area contributed by atoms with Crippen molar-refractivity contribution in [3.05, 3.63) is 0 Å². The van der Waals surface area contributed by atoms with E-state index < -0.39 is 22.4 Å². The number of rotatable bonds is 0. The van der Waals surface area contributed by atoms with E-state index in [0.29, 0.717) is 37.1 Å². The smallest absolute Gasteiger partial charge is 0.410 e. The molecule has 2 saturated carbocycles. The van der Waals surface area contributed by atoms with E-state index in [2.05, 4.69) is 6.92 Å². The van der Waals surface area contributed by atoms with Crippen LogP contribution in [-0.4, -0.2) is 53.0 Å². The number of hydrogen-bond donors (Lipinski definition) is 0. The number of ether oxygens (including phenoxy) is 3. The Hall–Kier alpha value is -1.14. The second-order valence-electron chi connectivity index (χ2n) is 11.5. The molecule has 2 saturated heterocycles. The summed E-state index contributed by atoms with van der Waals surface area (Å²) in [7, 11) is 0. The van der Waals surface area contributed by atoms with Gasteiger partial charge in [-0.3, -0.25) is 4.79 Å². The van der Waals surface area contributed by atoms with Gasteiger partial charge in [0.15, 0.2) is 5.79 Å². The Morgan fingerprint density at radius 2 is 1.80 bits per heavy atom. The molecule has 0 radical (unpaired) electrons. The van der Waals surface area contributed by atoms with Crippen LogP contribution in [0.2, 0.25) is 0 Å². The molecule has 0 N–H and O–H groups in total. The lowest BCUT2D eigenvalue weighted by molar-refractivity contribution is -0.210. The molecule has 0 aromatic heterocycles. The highest BCUT2D eigenvalue weighted by Crippen LogP contribution is 2.66. The zero-order chi connectivity index (χ0) is 21.9. The lowest BCUT2D eigenvalue weighted by Gasteiger charge is -2.50. The average Bonchev–Trinajstić information content (AvgIpc) is 2.99. The van der Waals surface area contributed by atoms with E-state index in [9.17, 15) is 9.59 Å². The highest BCUT2D eigenvalue weighted by Gasteiger charge is 2.74. The van der Waals surface area contributed by atoms with Crippen molar-refractivity contribution >= 4 is 11.9 Å². The fourth-order valence-corrected chi connectivity index (χ4v) is 6.91. The van der Waals surface area contributed by atoms with Crippen LogP contribution >= 0.6 is 0 Å². The van der Waals surface area contributed by atoms with Crippen molar-refractivity contribution in [2.24, 2.45) is 17.3 Å². The number of nitrogens with zero attached hydrogens (tertiary/aromatic N) is 1. The molecule has 1 amide bonds. The maximum Gasteiger partial charge on any atom is 0.410 e. The first-order chi connectivity index (χ1) is 13.9. The maximum absolute atomic E-state index is 13.7. The van der Waals surface area contributed by atoms with Gasteiger partial charge >= 0.3 is 6.09 Å². The van der Waals surface area contributed by atoms with Crippen molar-refractivity contribution in [2.45, 2.75) is 110 Å². The Balaban J connectivity index is 1.65. The van der Waals surface area contributed by atoms with Gasteiger partial charge in [-0.25, -0.2) is 4.79 Å². The van der Waals surface area contributed by atoms with Crippen LogP contribution in [0.5, 0.6) is 0 Å². The summed E-state index contributed by atoms with van der Waals surface area (Å²) in [5.74, 6) is 0.414. The number of amides is 1. The molecular formula is C24H39NO5. The molecule has 2 aliphatic carbocycles. The Morgan fingerprint density at radius 3 is 2.47 bits per heavy atom. The van der Waals surface area contributed by atoms with Crippen LogP contribution in [-0.2, 0) is 19.0 Å². The van der Waals surface area contributed by atoms with Gasteiger partial charge in [0.05, 0.1) is 11.5 Å². The third kappa shape index (κ3) is 3.48. The number of carbonyl (C=O) groups excluding carboxylic acids is 2. The highest BCUT2D eigenvalue weighted by atomic mass is 16.8. The van der Waals surface area contributed by atoms with Crippen molar-refractivity contribution in [1.29, 1.82) is 0 Å². The monoisotopic (exact) mass is 421 g/mol. The summed E-state index contributed by atoms with van der Waals surface area (Å²) in [6, 6.07) is 0. The Morgan fingerprint density at radius 1 is 1.13 bits per heavy atom. The molecule has 6 nitrogen and oxygen atoms in total. The molecule has 4 fully saturated rings. The fourth-order valence-electron chi connectivity index (χ4n) is 6.91. The molecule has 4 aliphatic rings. The second kappa shape index (κ2) is 7.19. The van der Waals surface area contributed by atoms with E-state index in [1.54, 1.807) is 0 Å². The van der Waals surface area contributed by atoms with E-state index in [0.717, 1.165) is 38.5 Å². The molecule has 0 bridgehead atoms. The molecule has 2 heterocycles. The van der Waals surface area contributed by atoms with Crippen LogP contribution in [0.3, 0.4) is 0 Å². The van der Waals surface area contributed by atoms with Crippen molar-refractivity contribution in [3.8, 4) is 0 Å². The van der Waals surface area contributed by atoms with E-state index in [1.165, 1.54) is 0 Å². The van der Waals surface area contributed by atoms with Gasteiger partial charge in [0, 0.05) is 19.5 Å². The molecule has 2 spiro atoms. The van der Waals surface area contributed by atoms with Crippen LogP contribution < -0.4 is 0 Å². The summed E-state index contributed by atoms with van der Waals surface area (Å²) in [4.78, 5) is 28.3. The largest absolute Gasteiger partial charge is 0.444 e. The predicted molar refractivity (Wildman–Crippen MR) is 113 cm³/mol. The molecule has 170 valence electrons. The van der Waals surface area contributed by atoms with Crippen molar-refractivity contribution in [2.75, 3.05) is 13.1 Å². The first-order valence-corrected chi connectivity index (χ1v) is 11.8. The standard InChI is InChI=1S/C24H39NO5/c1-16-13-17-15-19-24(30-22(5,6)28-19)10-8-12-25(20(27)29-21(2,3)4)11-7-9-23(17,24)18(26)14-16/h16-17,19H,7-15H2,1-6H3/t16-,17+,19+,23-,24+/m1/s1. The Labute approximate surface area is 181 Å². The molecule has 4 rings (SSSR count). The molecular weight excluding hydrogens is 382 g/mol. The molecule has 0 unspecified atom stereocenters. The molecule has 0 aromatic rings. The van der Waals surface area contributed by atoms with Crippen LogP contribution in [0, 0.1) is 17.3 Å². The summed E-state index contributed by atoms with van der Waals surface area (Å²) in [5.41, 5.74) is -1.56. The van der Waals surface area contributed by atoms with E-state index in [1.807, 2.05) is 39.5 Å².